The molecule has 4 aromatic carbocycles. The minimum atomic E-state index is -0.873. The van der Waals surface area contributed by atoms with Crippen LogP contribution in [-0.2, 0) is 16.1 Å². The van der Waals surface area contributed by atoms with Gasteiger partial charge in [-0.25, -0.2) is 9.79 Å². The molecule has 1 atom stereocenters. The summed E-state index contributed by atoms with van der Waals surface area (Å²) in [4.78, 5) is 33.5. The molecule has 6 rings (SSSR count). The van der Waals surface area contributed by atoms with Gasteiger partial charge in [0.05, 0.1) is 54.3 Å². The van der Waals surface area contributed by atoms with Gasteiger partial charge in [-0.1, -0.05) is 78.1 Å². The maximum atomic E-state index is 14.4. The van der Waals surface area contributed by atoms with Gasteiger partial charge in [0.1, 0.15) is 6.61 Å². The molecular formula is C38H33BrN2O7S. The van der Waals surface area contributed by atoms with Crippen molar-refractivity contribution in [1.82, 2.24) is 4.57 Å². The van der Waals surface area contributed by atoms with Crippen LogP contribution in [-0.4, -0.2) is 38.5 Å². The van der Waals surface area contributed by atoms with Crippen molar-refractivity contribution in [2.45, 2.75) is 19.6 Å². The Labute approximate surface area is 295 Å². The van der Waals surface area contributed by atoms with Crippen LogP contribution in [0.5, 0.6) is 23.0 Å². The van der Waals surface area contributed by atoms with E-state index in [0.717, 1.165) is 5.56 Å². The highest BCUT2D eigenvalue weighted by molar-refractivity contribution is 9.10. The van der Waals surface area contributed by atoms with Crippen LogP contribution in [0.25, 0.3) is 11.8 Å². The molecule has 9 nitrogen and oxygen atoms in total. The molecule has 11 heteroatoms. The lowest BCUT2D eigenvalue weighted by Gasteiger charge is -2.26. The molecule has 1 aliphatic heterocycles. The van der Waals surface area contributed by atoms with E-state index in [0.29, 0.717) is 65.8 Å². The van der Waals surface area contributed by atoms with Crippen LogP contribution < -0.4 is 33.8 Å². The molecule has 250 valence electrons. The molecule has 1 aliphatic rings. The van der Waals surface area contributed by atoms with Crippen LogP contribution in [0, 0.1) is 0 Å². The number of hydrogen-bond acceptors (Lipinski definition) is 9. The van der Waals surface area contributed by atoms with Gasteiger partial charge < -0.3 is 23.7 Å². The van der Waals surface area contributed by atoms with E-state index < -0.39 is 12.0 Å². The SMILES string of the molecule is CCOC(=O)C1=C(c2ccccc2)N=c2s/c(=C\c3cc(Br)c(OCc4ccccc4)c(OC)c3)c(=O)n2[C@H]1c1ccc(OC)c(OC)c1. The van der Waals surface area contributed by atoms with Crippen LogP contribution in [0.3, 0.4) is 0 Å². The maximum Gasteiger partial charge on any atom is 0.338 e. The van der Waals surface area contributed by atoms with Gasteiger partial charge in [-0.3, -0.25) is 9.36 Å². The lowest BCUT2D eigenvalue weighted by molar-refractivity contribution is -0.138. The summed E-state index contributed by atoms with van der Waals surface area (Å²) in [5.41, 5.74) is 3.41. The van der Waals surface area contributed by atoms with Crippen molar-refractivity contribution in [3.05, 3.63) is 143 Å². The van der Waals surface area contributed by atoms with E-state index in [1.54, 1.807) is 43.9 Å². The number of esters is 1. The Hall–Kier alpha value is -5.13. The summed E-state index contributed by atoms with van der Waals surface area (Å²) in [7, 11) is 4.66. The van der Waals surface area contributed by atoms with E-state index in [1.807, 2.05) is 78.9 Å². The lowest BCUT2D eigenvalue weighted by Crippen LogP contribution is -2.40. The van der Waals surface area contributed by atoms with Crippen LogP contribution >= 0.6 is 27.3 Å². The van der Waals surface area contributed by atoms with Crippen molar-refractivity contribution in [3.8, 4) is 23.0 Å². The fraction of sp³-hybridized carbons (Fsp3) is 0.184. The molecule has 0 spiro atoms. The third kappa shape index (κ3) is 6.90. The Morgan fingerprint density at radius 1 is 0.898 bits per heavy atom. The molecule has 0 N–H and O–H groups in total. The number of carbonyl (C=O) groups is 1. The summed E-state index contributed by atoms with van der Waals surface area (Å²) in [6, 6.07) is 27.4. The largest absolute Gasteiger partial charge is 0.493 e. The number of aromatic nitrogens is 1. The second kappa shape index (κ2) is 15.0. The zero-order valence-electron chi connectivity index (χ0n) is 27.3. The highest BCUT2D eigenvalue weighted by atomic mass is 79.9. The molecule has 0 amide bonds. The number of benzene rings is 4. The summed E-state index contributed by atoms with van der Waals surface area (Å²) < 4.78 is 31.1. The predicted octanol–water partition coefficient (Wildman–Crippen LogP) is 6.30. The number of carbonyl (C=O) groups excluding carboxylic acids is 1. The number of thiazole rings is 1. The average Bonchev–Trinajstić information content (AvgIpc) is 3.44. The van der Waals surface area contributed by atoms with E-state index in [-0.39, 0.29) is 17.7 Å². The predicted molar refractivity (Wildman–Crippen MR) is 192 cm³/mol. The standard InChI is InChI=1S/C38H33BrN2O7S/c1-5-47-37(43)32-33(25-14-10-7-11-15-25)40-38-41(34(32)26-16-17-28(44-2)29(21-26)45-3)36(42)31(49-38)20-24-18-27(39)35(30(19-24)46-4)48-22-23-12-8-6-9-13-23/h6-21,34H,5,22H2,1-4H3/b31-20-/t34-/m0/s1. The zero-order valence-corrected chi connectivity index (χ0v) is 29.7. The molecule has 0 saturated heterocycles. The Bertz CT molecular complexity index is 2210. The molecule has 0 fully saturated rings. The number of methoxy groups -OCH3 is 3. The third-order valence-electron chi connectivity index (χ3n) is 7.87. The topological polar surface area (TPSA) is 97.6 Å². The van der Waals surface area contributed by atoms with Crippen LogP contribution in [0.2, 0.25) is 0 Å². The van der Waals surface area contributed by atoms with E-state index in [9.17, 15) is 9.59 Å². The number of rotatable bonds is 11. The summed E-state index contributed by atoms with van der Waals surface area (Å²) >= 11 is 4.86. The Morgan fingerprint density at radius 2 is 1.59 bits per heavy atom. The number of hydrogen-bond donors (Lipinski definition) is 0. The van der Waals surface area contributed by atoms with Gasteiger partial charge >= 0.3 is 5.97 Å². The first-order valence-electron chi connectivity index (χ1n) is 15.4. The molecule has 2 heterocycles. The first-order valence-corrected chi connectivity index (χ1v) is 17.0. The Morgan fingerprint density at radius 3 is 2.27 bits per heavy atom. The van der Waals surface area contributed by atoms with E-state index in [1.165, 1.54) is 18.4 Å². The minimum absolute atomic E-state index is 0.148. The van der Waals surface area contributed by atoms with Gasteiger partial charge in [0, 0.05) is 5.56 Å². The maximum absolute atomic E-state index is 14.4. The number of ether oxygens (including phenoxy) is 5. The van der Waals surface area contributed by atoms with Gasteiger partial charge in [0.2, 0.25) is 0 Å². The van der Waals surface area contributed by atoms with Crippen LogP contribution in [0.1, 0.15) is 35.2 Å². The van der Waals surface area contributed by atoms with Crippen molar-refractivity contribution >= 4 is 45.0 Å². The normalized spacial score (nSPS) is 14.1. The number of nitrogens with zero attached hydrogens (tertiary/aromatic N) is 2. The minimum Gasteiger partial charge on any atom is -0.493 e. The molecule has 5 aromatic rings. The molecule has 0 aliphatic carbocycles. The van der Waals surface area contributed by atoms with Gasteiger partial charge in [0.25, 0.3) is 5.56 Å². The quantitative estimate of drug-likeness (QED) is 0.147. The highest BCUT2D eigenvalue weighted by Gasteiger charge is 2.35. The molecular weight excluding hydrogens is 708 g/mol. The van der Waals surface area contributed by atoms with Gasteiger partial charge in [-0.2, -0.15) is 0 Å². The summed E-state index contributed by atoms with van der Waals surface area (Å²) in [5.74, 6) is 1.45. The fourth-order valence-electron chi connectivity index (χ4n) is 5.62. The second-order valence-electron chi connectivity index (χ2n) is 10.9. The first kappa shape index (κ1) is 33.8. The average molecular weight is 742 g/mol. The second-order valence-corrected chi connectivity index (χ2v) is 12.7. The highest BCUT2D eigenvalue weighted by Crippen LogP contribution is 2.39. The summed E-state index contributed by atoms with van der Waals surface area (Å²) in [6.45, 7) is 2.25. The van der Waals surface area contributed by atoms with E-state index in [4.69, 9.17) is 28.7 Å². The van der Waals surface area contributed by atoms with Gasteiger partial charge in [-0.05, 0) is 69.9 Å². The smallest absolute Gasteiger partial charge is 0.338 e. The molecule has 1 aromatic heterocycles. The van der Waals surface area contributed by atoms with Gasteiger partial charge in [-0.15, -0.1) is 0 Å². The molecule has 0 radical (unpaired) electrons. The van der Waals surface area contributed by atoms with Gasteiger partial charge in [0.15, 0.2) is 27.8 Å². The van der Waals surface area contributed by atoms with Crippen molar-refractivity contribution in [2.75, 3.05) is 27.9 Å². The number of fused-ring (bicyclic) bond motifs is 1. The van der Waals surface area contributed by atoms with Crippen LogP contribution in [0.4, 0.5) is 0 Å². The summed E-state index contributed by atoms with van der Waals surface area (Å²) in [6.07, 6.45) is 1.78. The molecule has 0 saturated carbocycles. The fourth-order valence-corrected chi connectivity index (χ4v) is 7.20. The Balaban J connectivity index is 1.53. The summed E-state index contributed by atoms with van der Waals surface area (Å²) in [5, 5.41) is 0. The molecule has 0 unspecified atom stereocenters. The molecule has 0 bridgehead atoms. The van der Waals surface area contributed by atoms with E-state index >= 15 is 0 Å². The Kier molecular flexibility index (Phi) is 10.3. The third-order valence-corrected chi connectivity index (χ3v) is 9.44. The van der Waals surface area contributed by atoms with E-state index in [2.05, 4.69) is 15.9 Å². The lowest BCUT2D eigenvalue weighted by atomic mass is 9.93. The molecule has 49 heavy (non-hydrogen) atoms. The van der Waals surface area contributed by atoms with Crippen molar-refractivity contribution in [1.29, 1.82) is 0 Å². The van der Waals surface area contributed by atoms with Crippen molar-refractivity contribution < 1.29 is 28.5 Å². The van der Waals surface area contributed by atoms with Crippen molar-refractivity contribution in [2.24, 2.45) is 4.99 Å². The van der Waals surface area contributed by atoms with Crippen LogP contribution in [0.15, 0.2) is 111 Å². The van der Waals surface area contributed by atoms with Crippen molar-refractivity contribution in [3.63, 3.8) is 0 Å². The first-order chi connectivity index (χ1) is 23.9. The number of halogens is 1. The zero-order chi connectivity index (χ0) is 34.5. The monoisotopic (exact) mass is 740 g/mol.